The lowest BCUT2D eigenvalue weighted by molar-refractivity contribution is -0.182. The molecule has 125 heavy (non-hydrogen) atoms. The maximum Gasteiger partial charge on any atom is 0.312 e. The van der Waals surface area contributed by atoms with Crippen molar-refractivity contribution in [2.75, 3.05) is 0 Å². The number of carbonyl (C=O) groups is 6. The van der Waals surface area contributed by atoms with Crippen LogP contribution < -0.4 is 0 Å². The minimum atomic E-state index is -0.786. The van der Waals surface area contributed by atoms with Crippen LogP contribution in [0.5, 0.6) is 0 Å². The van der Waals surface area contributed by atoms with Crippen LogP contribution in [0.1, 0.15) is 394 Å². The number of hydrogen-bond donors (Lipinski definition) is 0. The van der Waals surface area contributed by atoms with Crippen LogP contribution in [0.2, 0.25) is 0 Å². The third-order valence-electron chi connectivity index (χ3n) is 29.8. The Morgan fingerprint density at radius 1 is 0.280 bits per heavy atom. The van der Waals surface area contributed by atoms with Crippen LogP contribution in [0.25, 0.3) is 0 Å². The summed E-state index contributed by atoms with van der Waals surface area (Å²) in [6.45, 7) is 56.4. The highest BCUT2D eigenvalue weighted by molar-refractivity contribution is 5.79. The highest BCUT2D eigenvalue weighted by Gasteiger charge is 2.55. The van der Waals surface area contributed by atoms with Gasteiger partial charge < -0.3 is 28.4 Å². The van der Waals surface area contributed by atoms with Gasteiger partial charge in [0, 0.05) is 11.1 Å². The lowest BCUT2D eigenvalue weighted by Crippen LogP contribution is -2.51. The summed E-state index contributed by atoms with van der Waals surface area (Å²) in [4.78, 5) is 75.1. The summed E-state index contributed by atoms with van der Waals surface area (Å²) < 4.78 is 36.1. The Bertz CT molecular complexity index is 4060. The molecule has 5 saturated carbocycles. The Kier molecular flexibility index (Phi) is 40.9. The summed E-state index contributed by atoms with van der Waals surface area (Å²) >= 11 is 0. The Morgan fingerprint density at radius 3 is 0.856 bits per heavy atom. The first-order chi connectivity index (χ1) is 58.7. The van der Waals surface area contributed by atoms with Gasteiger partial charge in [-0.1, -0.05) is 304 Å². The molecule has 12 nitrogen and oxygen atoms in total. The molecule has 6 aromatic carbocycles. The van der Waals surface area contributed by atoms with Crippen molar-refractivity contribution >= 4 is 35.8 Å². The van der Waals surface area contributed by atoms with E-state index in [1.807, 2.05) is 314 Å². The van der Waals surface area contributed by atoms with Crippen LogP contribution in [-0.2, 0) is 79.6 Å². The second kappa shape index (κ2) is 47.4. The molecular weight excluding hydrogens is 1550 g/mol. The Hall–Kier alpha value is -7.86. The lowest BCUT2D eigenvalue weighted by Gasteiger charge is -2.59. The molecule has 0 spiro atoms. The Morgan fingerprint density at radius 2 is 0.552 bits per heavy atom. The van der Waals surface area contributed by atoms with Crippen LogP contribution in [0.4, 0.5) is 0 Å². The summed E-state index contributed by atoms with van der Waals surface area (Å²) in [5.74, 6) is 3.05. The van der Waals surface area contributed by atoms with Gasteiger partial charge in [-0.3, -0.25) is 28.8 Å². The van der Waals surface area contributed by atoms with Crippen LogP contribution in [0, 0.1) is 61.6 Å². The van der Waals surface area contributed by atoms with E-state index in [-0.39, 0.29) is 57.8 Å². The SMILES string of the molecule is CCC(C)(C)C(=O)OC(C)(C)c1ccccc1.CCC(C)(C)C(=O)OC(C)(c1ccccc1)c1ccccc1.CCC(C)(C)C(=O)OC(CC)(CC)c1ccccc1.CCC(C)(C)C(=O)OC(CC)(c1ccccc1)c1ccccc1.CCC(CC)(CC12CC3CC(CC(C3)C1)C2)OC(=O)C(C)(C)CC.CCC(CC)(CC1CCCCC1)OC(=O)C(C)(C)CC. The standard InChI is InChI=1S/C22H38O2.C21H26O2.C20H24O2.C18H34O2.C17H26O2.C15H22O2/c1-6-20(4,5)19(23)24-22(7-2,8-3)15-21-12-16-9-17(13-21)11-18(10-16)14-21;1-5-20(3,4)19(22)23-21(6-2,17-13-9-7-10-14-17)18-15-11-8-12-16-18;1-5-19(2,3)18(21)22-20(4,16-12-8-6-9-13-16)17-14-10-7-11-15-17;1-6-17(4,5)16(19)20-18(7-2,8-3)14-15-12-10-9-11-13-15;1-6-16(4,5)15(18)19-17(7-2,8-3)14-12-10-9-11-13-14;1-6-14(2,3)13(16)17-15(4,5)12-10-8-7-9-11-12/h16-18H,6-15H2,1-5H3;7-16H,5-6H2,1-4H3;6-15H,5H2,1-4H3;15H,6-14H2,1-5H3;9-13H,6-8H2,1-5H3;7-11H,6H2,1-5H3. The third kappa shape index (κ3) is 29.3. The maximum absolute atomic E-state index is 12.8. The van der Waals surface area contributed by atoms with E-state index in [1.165, 1.54) is 70.6 Å². The van der Waals surface area contributed by atoms with E-state index < -0.39 is 44.1 Å². The molecule has 0 aromatic heterocycles. The molecule has 0 unspecified atom stereocenters. The fourth-order valence-electron chi connectivity index (χ4n) is 17.8. The molecule has 0 atom stereocenters. The molecule has 0 N–H and O–H groups in total. The van der Waals surface area contributed by atoms with E-state index >= 15 is 0 Å². The topological polar surface area (TPSA) is 158 Å². The van der Waals surface area contributed by atoms with E-state index in [0.29, 0.717) is 11.8 Å². The number of carbonyl (C=O) groups excluding carboxylic acids is 6. The van der Waals surface area contributed by atoms with Gasteiger partial charge in [0.1, 0.15) is 22.4 Å². The number of esters is 6. The van der Waals surface area contributed by atoms with Crippen molar-refractivity contribution < 1.29 is 57.2 Å². The smallest absolute Gasteiger partial charge is 0.312 e. The van der Waals surface area contributed by atoms with E-state index in [9.17, 15) is 28.8 Å². The van der Waals surface area contributed by atoms with Crippen LogP contribution in [0.3, 0.4) is 0 Å². The van der Waals surface area contributed by atoms with Crippen molar-refractivity contribution in [3.05, 3.63) is 215 Å². The number of hydrogen-bond acceptors (Lipinski definition) is 12. The zero-order chi connectivity index (χ0) is 93.6. The van der Waals surface area contributed by atoms with E-state index in [1.54, 1.807) is 0 Å². The van der Waals surface area contributed by atoms with Crippen LogP contribution >= 0.6 is 0 Å². The minimum absolute atomic E-state index is 0.0124. The van der Waals surface area contributed by atoms with Gasteiger partial charge in [0.25, 0.3) is 0 Å². The molecule has 0 radical (unpaired) electrons. The number of rotatable bonds is 35. The fraction of sp³-hybridized carbons (Fsp3) is 0.628. The van der Waals surface area contributed by atoms with Gasteiger partial charge in [0.15, 0.2) is 11.2 Å². The molecule has 4 bridgehead atoms. The molecule has 6 aromatic rings. The quantitative estimate of drug-likeness (QED) is 0.0274. The molecule has 0 saturated heterocycles. The minimum Gasteiger partial charge on any atom is -0.459 e. The average Bonchev–Trinajstić information content (AvgIpc) is 0.728. The van der Waals surface area contributed by atoms with Gasteiger partial charge in [0.05, 0.1) is 32.5 Å². The van der Waals surface area contributed by atoms with Crippen molar-refractivity contribution in [3.63, 3.8) is 0 Å². The van der Waals surface area contributed by atoms with Crippen molar-refractivity contribution in [2.24, 2.45) is 61.6 Å². The number of benzene rings is 6. The normalized spacial score (nSPS) is 17.5. The van der Waals surface area contributed by atoms with Crippen LogP contribution in [0.15, 0.2) is 182 Å². The molecule has 0 aliphatic heterocycles. The van der Waals surface area contributed by atoms with Gasteiger partial charge >= 0.3 is 35.8 Å². The second-order valence-corrected chi connectivity index (χ2v) is 41.5. The van der Waals surface area contributed by atoms with Crippen molar-refractivity contribution in [1.82, 2.24) is 0 Å². The Balaban J connectivity index is 0.000000267. The summed E-state index contributed by atoms with van der Waals surface area (Å²) in [7, 11) is 0. The van der Waals surface area contributed by atoms with E-state index in [2.05, 4.69) is 62.3 Å². The monoisotopic (exact) mass is 1720 g/mol. The molecular formula is C113H170O12. The summed E-state index contributed by atoms with van der Waals surface area (Å²) in [5.41, 5.74) is 0.891. The van der Waals surface area contributed by atoms with Crippen molar-refractivity contribution in [3.8, 4) is 0 Å². The highest BCUT2D eigenvalue weighted by Crippen LogP contribution is 2.63. The van der Waals surface area contributed by atoms with Crippen LogP contribution in [-0.4, -0.2) is 47.0 Å². The van der Waals surface area contributed by atoms with Gasteiger partial charge in [0.2, 0.25) is 0 Å². The average molecular weight is 1720 g/mol. The first-order valence-corrected chi connectivity index (χ1v) is 48.4. The van der Waals surface area contributed by atoms with Gasteiger partial charge in [-0.15, -0.1) is 0 Å². The molecule has 0 heterocycles. The molecule has 11 rings (SSSR count). The van der Waals surface area contributed by atoms with Crippen molar-refractivity contribution in [2.45, 2.75) is 394 Å². The zero-order valence-electron chi connectivity index (χ0n) is 83.4. The number of ether oxygens (including phenoxy) is 6. The van der Waals surface area contributed by atoms with Gasteiger partial charge in [-0.05, 0) is 290 Å². The highest BCUT2D eigenvalue weighted by atomic mass is 16.6. The van der Waals surface area contributed by atoms with Crippen molar-refractivity contribution in [1.29, 1.82) is 0 Å². The molecule has 5 aliphatic carbocycles. The van der Waals surface area contributed by atoms with E-state index in [0.717, 1.165) is 147 Å². The maximum atomic E-state index is 12.8. The molecule has 5 aliphatic rings. The Labute approximate surface area is 759 Å². The molecule has 12 heteroatoms. The largest absolute Gasteiger partial charge is 0.459 e. The third-order valence-corrected chi connectivity index (χ3v) is 29.8. The lowest BCUT2D eigenvalue weighted by atomic mass is 9.47. The second-order valence-electron chi connectivity index (χ2n) is 41.5. The van der Waals surface area contributed by atoms with E-state index in [4.69, 9.17) is 28.4 Å². The molecule has 5 fully saturated rings. The predicted molar refractivity (Wildman–Crippen MR) is 515 cm³/mol. The molecule has 0 amide bonds. The van der Waals surface area contributed by atoms with Gasteiger partial charge in [-0.25, -0.2) is 0 Å². The summed E-state index contributed by atoms with van der Waals surface area (Å²) in [6, 6.07) is 59.7. The van der Waals surface area contributed by atoms with Gasteiger partial charge in [-0.2, -0.15) is 0 Å². The first-order valence-electron chi connectivity index (χ1n) is 48.4. The first kappa shape index (κ1) is 108. The fourth-order valence-corrected chi connectivity index (χ4v) is 17.8. The summed E-state index contributed by atoms with van der Waals surface area (Å²) in [6.07, 6.45) is 28.3. The predicted octanol–water partition coefficient (Wildman–Crippen LogP) is 30.5. The summed E-state index contributed by atoms with van der Waals surface area (Å²) in [5, 5.41) is 0. The molecule has 694 valence electrons. The zero-order valence-corrected chi connectivity index (χ0v) is 83.4.